The van der Waals surface area contributed by atoms with Crippen molar-refractivity contribution in [3.63, 3.8) is 0 Å². The van der Waals surface area contributed by atoms with Gasteiger partial charge >= 0.3 is 0 Å². The van der Waals surface area contributed by atoms with Gasteiger partial charge in [-0.1, -0.05) is 12.8 Å². The van der Waals surface area contributed by atoms with Gasteiger partial charge in [0, 0.05) is 10.8 Å². The van der Waals surface area contributed by atoms with E-state index in [1.807, 2.05) is 11.6 Å². The van der Waals surface area contributed by atoms with E-state index < -0.39 is 0 Å². The molecule has 0 N–H and O–H groups in total. The van der Waals surface area contributed by atoms with Crippen molar-refractivity contribution in [2.45, 2.75) is 52.0 Å². The second-order valence-corrected chi connectivity index (χ2v) is 6.21. The highest BCUT2D eigenvalue weighted by Crippen LogP contribution is 2.32. The predicted molar refractivity (Wildman–Crippen MR) is 69.7 cm³/mol. The zero-order chi connectivity index (χ0) is 12.5. The molecule has 3 rings (SSSR count). The normalized spacial score (nSPS) is 16.6. The summed E-state index contributed by atoms with van der Waals surface area (Å²) in [6, 6.07) is 0. The highest BCUT2D eigenvalue weighted by atomic mass is 32.1. The molecule has 0 unspecified atom stereocenters. The second-order valence-electron chi connectivity index (χ2n) is 4.93. The molecule has 0 radical (unpaired) electrons. The number of nitrogens with zero attached hydrogens (tertiary/aromatic N) is 5. The van der Waals surface area contributed by atoms with Gasteiger partial charge in [0.25, 0.3) is 0 Å². The van der Waals surface area contributed by atoms with Crippen LogP contribution >= 0.6 is 11.3 Å². The number of tetrazole rings is 1. The molecule has 0 aliphatic heterocycles. The molecule has 0 bridgehead atoms. The van der Waals surface area contributed by atoms with Gasteiger partial charge in [0.15, 0.2) is 5.82 Å². The minimum Gasteiger partial charge on any atom is -0.244 e. The molecule has 1 fully saturated rings. The second kappa shape index (κ2) is 4.76. The summed E-state index contributed by atoms with van der Waals surface area (Å²) in [6.45, 7) is 4.86. The summed E-state index contributed by atoms with van der Waals surface area (Å²) in [6.07, 6.45) is 5.03. The summed E-state index contributed by atoms with van der Waals surface area (Å²) in [4.78, 5) is 5.83. The third-order valence-electron chi connectivity index (χ3n) is 3.64. The summed E-state index contributed by atoms with van der Waals surface area (Å²) in [7, 11) is 0. The van der Waals surface area contributed by atoms with Crippen LogP contribution in [0.2, 0.25) is 0 Å². The number of aryl methyl sites for hydroxylation is 2. The van der Waals surface area contributed by atoms with E-state index in [1.54, 1.807) is 11.3 Å². The van der Waals surface area contributed by atoms with Crippen molar-refractivity contribution in [3.8, 4) is 0 Å². The van der Waals surface area contributed by atoms with E-state index in [0.29, 0.717) is 12.5 Å². The van der Waals surface area contributed by atoms with Gasteiger partial charge in [0.1, 0.15) is 5.01 Å². The molecule has 0 aromatic carbocycles. The number of thiazole rings is 1. The molecule has 0 atom stereocenters. The van der Waals surface area contributed by atoms with E-state index in [9.17, 15) is 0 Å². The fourth-order valence-corrected chi connectivity index (χ4v) is 3.45. The van der Waals surface area contributed by atoms with Crippen molar-refractivity contribution in [2.75, 3.05) is 0 Å². The van der Waals surface area contributed by atoms with Crippen molar-refractivity contribution in [1.29, 1.82) is 0 Å². The van der Waals surface area contributed by atoms with Crippen molar-refractivity contribution < 1.29 is 0 Å². The van der Waals surface area contributed by atoms with Gasteiger partial charge in [-0.3, -0.25) is 0 Å². The van der Waals surface area contributed by atoms with E-state index >= 15 is 0 Å². The molecular formula is C12H17N5S. The average molecular weight is 263 g/mol. The maximum atomic E-state index is 4.55. The van der Waals surface area contributed by atoms with Crippen molar-refractivity contribution in [1.82, 2.24) is 25.2 Å². The lowest BCUT2D eigenvalue weighted by molar-refractivity contribution is 0.564. The quantitative estimate of drug-likeness (QED) is 0.853. The topological polar surface area (TPSA) is 56.5 Å². The molecule has 0 spiro atoms. The van der Waals surface area contributed by atoms with Crippen LogP contribution in [-0.2, 0) is 6.54 Å². The Bertz CT molecular complexity index is 519. The van der Waals surface area contributed by atoms with Crippen LogP contribution in [0, 0.1) is 13.8 Å². The minimum atomic E-state index is 0.544. The average Bonchev–Trinajstić information content (AvgIpc) is 3.01. The van der Waals surface area contributed by atoms with Crippen LogP contribution in [0.1, 0.15) is 53.0 Å². The first-order valence-electron chi connectivity index (χ1n) is 6.43. The Balaban J connectivity index is 1.82. The molecule has 2 aromatic heterocycles. The molecule has 18 heavy (non-hydrogen) atoms. The summed E-state index contributed by atoms with van der Waals surface area (Å²) in [5.74, 6) is 1.58. The third kappa shape index (κ3) is 2.16. The zero-order valence-electron chi connectivity index (χ0n) is 10.8. The largest absolute Gasteiger partial charge is 0.244 e. The smallest absolute Gasteiger partial charge is 0.154 e. The van der Waals surface area contributed by atoms with Crippen LogP contribution in [0.15, 0.2) is 0 Å². The molecular weight excluding hydrogens is 246 g/mol. The van der Waals surface area contributed by atoms with E-state index in [1.165, 1.54) is 30.6 Å². The number of aromatic nitrogens is 5. The van der Waals surface area contributed by atoms with Crippen molar-refractivity contribution in [2.24, 2.45) is 0 Å². The van der Waals surface area contributed by atoms with E-state index in [2.05, 4.69) is 27.4 Å². The Hall–Kier alpha value is -1.30. The molecule has 6 heteroatoms. The van der Waals surface area contributed by atoms with Gasteiger partial charge in [-0.25, -0.2) is 9.67 Å². The molecule has 0 saturated heterocycles. The third-order valence-corrected chi connectivity index (χ3v) is 4.70. The Morgan fingerprint density at radius 3 is 2.72 bits per heavy atom. The SMILES string of the molecule is Cc1nc(Cn2nnnc2C2CCCC2)sc1C. The van der Waals surface area contributed by atoms with Crippen LogP contribution in [0.25, 0.3) is 0 Å². The van der Waals surface area contributed by atoms with Crippen LogP contribution in [0.5, 0.6) is 0 Å². The maximum Gasteiger partial charge on any atom is 0.154 e. The highest BCUT2D eigenvalue weighted by Gasteiger charge is 2.23. The standard InChI is InChI=1S/C12H17N5S/c1-8-9(2)18-11(13-8)7-17-12(14-15-16-17)10-5-3-4-6-10/h10H,3-7H2,1-2H3. The molecule has 2 heterocycles. The van der Waals surface area contributed by atoms with Gasteiger partial charge in [-0.05, 0) is 37.1 Å². The monoisotopic (exact) mass is 263 g/mol. The molecule has 5 nitrogen and oxygen atoms in total. The van der Waals surface area contributed by atoms with Gasteiger partial charge in [-0.15, -0.1) is 16.4 Å². The summed E-state index contributed by atoms with van der Waals surface area (Å²) in [5, 5.41) is 13.2. The van der Waals surface area contributed by atoms with Crippen molar-refractivity contribution >= 4 is 11.3 Å². The first-order valence-corrected chi connectivity index (χ1v) is 7.24. The van der Waals surface area contributed by atoms with E-state index in [-0.39, 0.29) is 0 Å². The molecule has 0 amide bonds. The lowest BCUT2D eigenvalue weighted by Crippen LogP contribution is -2.09. The molecule has 1 saturated carbocycles. The van der Waals surface area contributed by atoms with E-state index in [4.69, 9.17) is 0 Å². The van der Waals surface area contributed by atoms with Crippen LogP contribution in [-0.4, -0.2) is 25.2 Å². The van der Waals surface area contributed by atoms with Crippen LogP contribution in [0.4, 0.5) is 0 Å². The first kappa shape index (κ1) is 11.8. The Morgan fingerprint density at radius 2 is 2.06 bits per heavy atom. The molecule has 2 aromatic rings. The van der Waals surface area contributed by atoms with Gasteiger partial charge < -0.3 is 0 Å². The van der Waals surface area contributed by atoms with Gasteiger partial charge in [-0.2, -0.15) is 0 Å². The summed E-state index contributed by atoms with van der Waals surface area (Å²) < 4.78 is 1.92. The lowest BCUT2D eigenvalue weighted by Gasteiger charge is -2.07. The highest BCUT2D eigenvalue weighted by molar-refractivity contribution is 7.11. The summed E-state index contributed by atoms with van der Waals surface area (Å²) >= 11 is 1.74. The molecule has 1 aliphatic rings. The van der Waals surface area contributed by atoms with E-state index in [0.717, 1.165) is 16.5 Å². The lowest BCUT2D eigenvalue weighted by atomic mass is 10.1. The van der Waals surface area contributed by atoms with Gasteiger partial charge in [0.05, 0.1) is 12.2 Å². The fourth-order valence-electron chi connectivity index (χ4n) is 2.54. The summed E-state index contributed by atoms with van der Waals surface area (Å²) in [5.41, 5.74) is 1.12. The fraction of sp³-hybridized carbons (Fsp3) is 0.667. The Labute approximate surface area is 110 Å². The molecule has 96 valence electrons. The zero-order valence-corrected chi connectivity index (χ0v) is 11.6. The Kier molecular flexibility index (Phi) is 3.11. The first-order chi connectivity index (χ1) is 8.74. The number of hydrogen-bond donors (Lipinski definition) is 0. The number of hydrogen-bond acceptors (Lipinski definition) is 5. The van der Waals surface area contributed by atoms with Gasteiger partial charge in [0.2, 0.25) is 0 Å². The minimum absolute atomic E-state index is 0.544. The number of rotatable bonds is 3. The Morgan fingerprint density at radius 1 is 1.28 bits per heavy atom. The van der Waals surface area contributed by atoms with Crippen molar-refractivity contribution in [3.05, 3.63) is 21.4 Å². The van der Waals surface area contributed by atoms with Crippen LogP contribution in [0.3, 0.4) is 0 Å². The predicted octanol–water partition coefficient (Wildman–Crippen LogP) is 2.45. The van der Waals surface area contributed by atoms with Crippen LogP contribution < -0.4 is 0 Å². The molecule has 1 aliphatic carbocycles. The maximum absolute atomic E-state index is 4.55.